The van der Waals surface area contributed by atoms with E-state index in [0.717, 1.165) is 7.11 Å². The molecule has 6 unspecified atom stereocenters. The standard InChI is InChI=1S/C10H19NO8/c1-18-10(9(16)17)2-4(13)6(11)8(19-10)7(15)5(14)3-12/h4-8,12-15H,2-3,11H2,1H3,(H,16,17). The van der Waals surface area contributed by atoms with Gasteiger partial charge >= 0.3 is 5.97 Å². The number of aliphatic carboxylic acids is 1. The highest BCUT2D eigenvalue weighted by Crippen LogP contribution is 2.31. The molecule has 1 heterocycles. The van der Waals surface area contributed by atoms with Crippen LogP contribution in [0.1, 0.15) is 6.42 Å². The Bertz CT molecular complexity index is 327. The Morgan fingerprint density at radius 3 is 2.58 bits per heavy atom. The first kappa shape index (κ1) is 16.2. The predicted octanol–water partition coefficient (Wildman–Crippen LogP) is -3.40. The number of ether oxygens (including phenoxy) is 2. The lowest BCUT2D eigenvalue weighted by atomic mass is 9.89. The molecule has 0 aromatic rings. The number of rotatable bonds is 5. The fourth-order valence-corrected chi connectivity index (χ4v) is 1.96. The van der Waals surface area contributed by atoms with Gasteiger partial charge in [0.05, 0.1) is 18.8 Å². The third-order valence-electron chi connectivity index (χ3n) is 3.20. The van der Waals surface area contributed by atoms with Gasteiger partial charge in [0.15, 0.2) is 0 Å². The Kier molecular flexibility index (Phi) is 5.21. The summed E-state index contributed by atoms with van der Waals surface area (Å²) >= 11 is 0. The molecule has 1 rings (SSSR count). The maximum atomic E-state index is 11.2. The first-order chi connectivity index (χ1) is 8.79. The fourth-order valence-electron chi connectivity index (χ4n) is 1.96. The maximum absolute atomic E-state index is 11.2. The van der Waals surface area contributed by atoms with E-state index in [1.807, 2.05) is 0 Å². The molecule has 0 saturated carbocycles. The average Bonchev–Trinajstić information content (AvgIpc) is 2.39. The highest BCUT2D eigenvalue weighted by Gasteiger charge is 2.53. The normalized spacial score (nSPS) is 38.7. The summed E-state index contributed by atoms with van der Waals surface area (Å²) in [6.45, 7) is -0.767. The maximum Gasteiger partial charge on any atom is 0.364 e. The summed E-state index contributed by atoms with van der Waals surface area (Å²) in [5, 5.41) is 46.7. The summed E-state index contributed by atoms with van der Waals surface area (Å²) in [6, 6.07) is -1.13. The van der Waals surface area contributed by atoms with Gasteiger partial charge in [0.25, 0.3) is 5.79 Å². The SMILES string of the molecule is COC1(C(=O)O)CC(O)C(N)C(C(O)C(O)CO)O1. The lowest BCUT2D eigenvalue weighted by Crippen LogP contribution is -2.66. The second-order valence-electron chi connectivity index (χ2n) is 4.43. The molecule has 0 spiro atoms. The van der Waals surface area contributed by atoms with Crippen LogP contribution >= 0.6 is 0 Å². The third-order valence-corrected chi connectivity index (χ3v) is 3.20. The Morgan fingerprint density at radius 2 is 2.16 bits per heavy atom. The summed E-state index contributed by atoms with van der Waals surface area (Å²) in [6.07, 6.45) is -6.37. The van der Waals surface area contributed by atoms with E-state index in [1.54, 1.807) is 0 Å². The molecule has 7 N–H and O–H groups in total. The largest absolute Gasteiger partial charge is 0.477 e. The molecule has 0 aliphatic carbocycles. The number of carboxylic acid groups (broad SMARTS) is 1. The molecule has 1 saturated heterocycles. The zero-order chi connectivity index (χ0) is 14.8. The van der Waals surface area contributed by atoms with Gasteiger partial charge in [-0.1, -0.05) is 0 Å². The number of methoxy groups -OCH3 is 1. The molecule has 112 valence electrons. The van der Waals surface area contributed by atoms with Crippen LogP contribution in [-0.2, 0) is 14.3 Å². The number of hydrogen-bond acceptors (Lipinski definition) is 8. The number of nitrogens with two attached hydrogens (primary N) is 1. The van der Waals surface area contributed by atoms with Gasteiger partial charge < -0.3 is 40.7 Å². The molecule has 0 radical (unpaired) electrons. The predicted molar refractivity (Wildman–Crippen MR) is 59.9 cm³/mol. The summed E-state index contributed by atoms with van der Waals surface area (Å²) < 4.78 is 9.88. The minimum absolute atomic E-state index is 0.418. The number of hydrogen-bond donors (Lipinski definition) is 6. The second-order valence-corrected chi connectivity index (χ2v) is 4.43. The van der Waals surface area contributed by atoms with E-state index < -0.39 is 55.2 Å². The second kappa shape index (κ2) is 6.09. The molecule has 1 aliphatic rings. The van der Waals surface area contributed by atoms with E-state index in [9.17, 15) is 20.1 Å². The Morgan fingerprint density at radius 1 is 1.58 bits per heavy atom. The summed E-state index contributed by atoms with van der Waals surface area (Å²) in [5.74, 6) is -3.65. The van der Waals surface area contributed by atoms with Crippen LogP contribution in [0.25, 0.3) is 0 Å². The number of aliphatic hydroxyl groups is 4. The zero-order valence-electron chi connectivity index (χ0n) is 10.3. The van der Waals surface area contributed by atoms with Gasteiger partial charge in [0, 0.05) is 13.5 Å². The summed E-state index contributed by atoms with van der Waals surface area (Å²) in [7, 11) is 1.07. The molecule has 6 atom stereocenters. The van der Waals surface area contributed by atoms with Crippen LogP contribution < -0.4 is 5.73 Å². The molecule has 0 bridgehead atoms. The Balaban J connectivity index is 2.99. The smallest absolute Gasteiger partial charge is 0.364 e. The van der Waals surface area contributed by atoms with Gasteiger partial charge in [-0.25, -0.2) is 4.79 Å². The Hall–Kier alpha value is -0.810. The molecule has 9 heteroatoms. The van der Waals surface area contributed by atoms with Crippen molar-refractivity contribution in [2.24, 2.45) is 5.73 Å². The first-order valence-corrected chi connectivity index (χ1v) is 5.66. The molecule has 9 nitrogen and oxygen atoms in total. The fraction of sp³-hybridized carbons (Fsp3) is 0.900. The molecule has 19 heavy (non-hydrogen) atoms. The lowest BCUT2D eigenvalue weighted by Gasteiger charge is -2.44. The number of carboxylic acids is 1. The van der Waals surface area contributed by atoms with E-state index in [1.165, 1.54) is 0 Å². The topological polar surface area (TPSA) is 163 Å². The van der Waals surface area contributed by atoms with Crippen LogP contribution in [0.4, 0.5) is 0 Å². The minimum Gasteiger partial charge on any atom is -0.477 e. The van der Waals surface area contributed by atoms with Gasteiger partial charge in [0.1, 0.15) is 18.3 Å². The summed E-state index contributed by atoms with van der Waals surface area (Å²) in [4.78, 5) is 11.2. The highest BCUT2D eigenvalue weighted by atomic mass is 16.7. The van der Waals surface area contributed by atoms with Gasteiger partial charge in [0.2, 0.25) is 0 Å². The van der Waals surface area contributed by atoms with Crippen molar-refractivity contribution in [3.63, 3.8) is 0 Å². The third kappa shape index (κ3) is 3.03. The van der Waals surface area contributed by atoms with Crippen LogP contribution in [0.3, 0.4) is 0 Å². The van der Waals surface area contributed by atoms with Crippen molar-refractivity contribution in [3.05, 3.63) is 0 Å². The van der Waals surface area contributed by atoms with E-state index in [0.29, 0.717) is 0 Å². The molecular formula is C10H19NO8. The van der Waals surface area contributed by atoms with Crippen molar-refractivity contribution >= 4 is 5.97 Å². The van der Waals surface area contributed by atoms with Crippen molar-refractivity contribution in [3.8, 4) is 0 Å². The molecule has 1 fully saturated rings. The minimum atomic E-state index is -2.16. The highest BCUT2D eigenvalue weighted by molar-refractivity contribution is 5.76. The van der Waals surface area contributed by atoms with Gasteiger partial charge in [-0.05, 0) is 0 Å². The van der Waals surface area contributed by atoms with Crippen LogP contribution in [-0.4, -0.2) is 81.5 Å². The van der Waals surface area contributed by atoms with Crippen molar-refractivity contribution in [2.75, 3.05) is 13.7 Å². The van der Waals surface area contributed by atoms with Crippen molar-refractivity contribution in [1.29, 1.82) is 0 Å². The van der Waals surface area contributed by atoms with Crippen molar-refractivity contribution < 1.29 is 39.8 Å². The number of carbonyl (C=O) groups is 1. The van der Waals surface area contributed by atoms with Crippen LogP contribution in [0, 0.1) is 0 Å². The van der Waals surface area contributed by atoms with Crippen molar-refractivity contribution in [1.82, 2.24) is 0 Å². The van der Waals surface area contributed by atoms with Crippen LogP contribution in [0.15, 0.2) is 0 Å². The molecule has 1 aliphatic heterocycles. The van der Waals surface area contributed by atoms with Gasteiger partial charge in [-0.15, -0.1) is 0 Å². The molecule has 0 aromatic heterocycles. The molecule has 0 amide bonds. The monoisotopic (exact) mass is 281 g/mol. The number of aliphatic hydroxyl groups excluding tert-OH is 4. The van der Waals surface area contributed by atoms with E-state index >= 15 is 0 Å². The quantitative estimate of drug-likeness (QED) is 0.301. The van der Waals surface area contributed by atoms with Crippen LogP contribution in [0.2, 0.25) is 0 Å². The Labute approximate surface area is 109 Å². The average molecular weight is 281 g/mol. The van der Waals surface area contributed by atoms with E-state index in [-0.39, 0.29) is 0 Å². The first-order valence-electron chi connectivity index (χ1n) is 5.66. The van der Waals surface area contributed by atoms with Gasteiger partial charge in [-0.3, -0.25) is 0 Å². The lowest BCUT2D eigenvalue weighted by molar-refractivity contribution is -0.301. The van der Waals surface area contributed by atoms with E-state index in [2.05, 4.69) is 0 Å². The zero-order valence-corrected chi connectivity index (χ0v) is 10.3. The van der Waals surface area contributed by atoms with Crippen molar-refractivity contribution in [2.45, 2.75) is 42.7 Å². The van der Waals surface area contributed by atoms with Crippen LogP contribution in [0.5, 0.6) is 0 Å². The molecular weight excluding hydrogens is 262 g/mol. The molecule has 0 aromatic carbocycles. The van der Waals surface area contributed by atoms with E-state index in [4.69, 9.17) is 25.4 Å². The summed E-state index contributed by atoms with van der Waals surface area (Å²) in [5.41, 5.74) is 5.62. The van der Waals surface area contributed by atoms with Gasteiger partial charge in [-0.2, -0.15) is 0 Å².